The zero-order valence-electron chi connectivity index (χ0n) is 11.7. The van der Waals surface area contributed by atoms with Gasteiger partial charge in [-0.1, -0.05) is 42.0 Å². The fourth-order valence-electron chi connectivity index (χ4n) is 1.97. The summed E-state index contributed by atoms with van der Waals surface area (Å²) in [7, 11) is 0. The van der Waals surface area contributed by atoms with Crippen molar-refractivity contribution in [2.45, 2.75) is 26.4 Å². The van der Waals surface area contributed by atoms with E-state index in [4.69, 9.17) is 4.74 Å². The number of rotatable bonds is 5. The van der Waals surface area contributed by atoms with Crippen molar-refractivity contribution >= 4 is 5.97 Å². The van der Waals surface area contributed by atoms with Crippen LogP contribution in [0.1, 0.15) is 16.7 Å². The van der Waals surface area contributed by atoms with E-state index >= 15 is 0 Å². The maximum atomic E-state index is 11.3. The Bertz CT molecular complexity index is 587. The van der Waals surface area contributed by atoms with E-state index in [1.165, 1.54) is 0 Å². The molecule has 0 heterocycles. The highest BCUT2D eigenvalue weighted by molar-refractivity contribution is 5.73. The largest absolute Gasteiger partial charge is 0.478 e. The van der Waals surface area contributed by atoms with E-state index in [-0.39, 0.29) is 0 Å². The number of carboxylic acids is 1. The molecule has 0 fully saturated rings. The predicted molar refractivity (Wildman–Crippen MR) is 78.1 cm³/mol. The molecule has 0 radical (unpaired) electrons. The summed E-state index contributed by atoms with van der Waals surface area (Å²) in [6.07, 6.45) is -0.525. The van der Waals surface area contributed by atoms with E-state index < -0.39 is 12.1 Å². The van der Waals surface area contributed by atoms with Gasteiger partial charge in [0, 0.05) is 6.42 Å². The molecule has 0 unspecified atom stereocenters. The Morgan fingerprint density at radius 1 is 1.10 bits per heavy atom. The van der Waals surface area contributed by atoms with Crippen LogP contribution in [0.4, 0.5) is 0 Å². The van der Waals surface area contributed by atoms with Crippen molar-refractivity contribution in [2.24, 2.45) is 0 Å². The molecule has 3 nitrogen and oxygen atoms in total. The van der Waals surface area contributed by atoms with Gasteiger partial charge in [0.2, 0.25) is 0 Å². The monoisotopic (exact) mass is 270 g/mol. The van der Waals surface area contributed by atoms with E-state index in [2.05, 4.69) is 0 Å². The average molecular weight is 270 g/mol. The van der Waals surface area contributed by atoms with Gasteiger partial charge in [-0.3, -0.25) is 0 Å². The first-order chi connectivity index (χ1) is 9.54. The minimum absolute atomic E-state index is 0.351. The molecule has 2 aromatic carbocycles. The van der Waals surface area contributed by atoms with Crippen LogP contribution in [0.15, 0.2) is 48.5 Å². The third-order valence-corrected chi connectivity index (χ3v) is 3.09. The number of hydrogen-bond acceptors (Lipinski definition) is 2. The molecule has 104 valence electrons. The van der Waals surface area contributed by atoms with Gasteiger partial charge in [-0.25, -0.2) is 4.79 Å². The lowest BCUT2D eigenvalue weighted by Gasteiger charge is -2.15. The molecule has 0 aliphatic carbocycles. The molecule has 1 atom stereocenters. The smallest absolute Gasteiger partial charge is 0.345 e. The highest BCUT2D eigenvalue weighted by Gasteiger charge is 2.20. The lowest BCUT2D eigenvalue weighted by Crippen LogP contribution is -2.29. The third-order valence-electron chi connectivity index (χ3n) is 3.09. The molecule has 0 amide bonds. The SMILES string of the molecule is Cc1ccc(C[C@H](Oc2cccc(C)c2)C(=O)O)cc1. The summed E-state index contributed by atoms with van der Waals surface area (Å²) in [5, 5.41) is 9.29. The topological polar surface area (TPSA) is 46.5 Å². The molecule has 0 saturated heterocycles. The second-order valence-corrected chi connectivity index (χ2v) is 4.95. The van der Waals surface area contributed by atoms with Gasteiger partial charge >= 0.3 is 5.97 Å². The van der Waals surface area contributed by atoms with Gasteiger partial charge in [0.25, 0.3) is 0 Å². The summed E-state index contributed by atoms with van der Waals surface area (Å²) in [5.41, 5.74) is 3.15. The van der Waals surface area contributed by atoms with Crippen LogP contribution in [0.3, 0.4) is 0 Å². The summed E-state index contributed by atoms with van der Waals surface area (Å²) >= 11 is 0. The first-order valence-electron chi connectivity index (χ1n) is 6.56. The first kappa shape index (κ1) is 14.1. The standard InChI is InChI=1S/C17H18O3/c1-12-6-8-14(9-7-12)11-16(17(18)19)20-15-5-3-4-13(2)10-15/h3-10,16H,11H2,1-2H3,(H,18,19)/t16-/m0/s1. The number of hydrogen-bond donors (Lipinski definition) is 1. The number of aryl methyl sites for hydroxylation is 2. The Labute approximate surface area is 118 Å². The highest BCUT2D eigenvalue weighted by atomic mass is 16.5. The molecule has 0 aliphatic heterocycles. The van der Waals surface area contributed by atoms with Gasteiger partial charge < -0.3 is 9.84 Å². The zero-order valence-corrected chi connectivity index (χ0v) is 11.7. The summed E-state index contributed by atoms with van der Waals surface area (Å²) in [5.74, 6) is -0.364. The van der Waals surface area contributed by atoms with Crippen molar-refractivity contribution < 1.29 is 14.6 Å². The predicted octanol–water partition coefficient (Wildman–Crippen LogP) is 3.38. The second-order valence-electron chi connectivity index (χ2n) is 4.95. The first-order valence-corrected chi connectivity index (χ1v) is 6.56. The lowest BCUT2D eigenvalue weighted by molar-refractivity contribution is -0.145. The van der Waals surface area contributed by atoms with Gasteiger partial charge in [0.05, 0.1) is 0 Å². The van der Waals surface area contributed by atoms with Crippen molar-refractivity contribution in [1.29, 1.82) is 0 Å². The fraction of sp³-hybridized carbons (Fsp3) is 0.235. The minimum atomic E-state index is -0.952. The molecule has 0 aliphatic rings. The van der Waals surface area contributed by atoms with Crippen LogP contribution < -0.4 is 4.74 Å². The summed E-state index contributed by atoms with van der Waals surface area (Å²) in [4.78, 5) is 11.3. The molecular formula is C17H18O3. The minimum Gasteiger partial charge on any atom is -0.478 e. The van der Waals surface area contributed by atoms with Crippen molar-refractivity contribution in [2.75, 3.05) is 0 Å². The molecule has 2 rings (SSSR count). The number of carboxylic acid groups (broad SMARTS) is 1. The fourth-order valence-corrected chi connectivity index (χ4v) is 1.97. The van der Waals surface area contributed by atoms with Crippen molar-refractivity contribution in [3.8, 4) is 5.75 Å². The Balaban J connectivity index is 2.11. The van der Waals surface area contributed by atoms with Crippen LogP contribution in [-0.4, -0.2) is 17.2 Å². The second kappa shape index (κ2) is 6.24. The van der Waals surface area contributed by atoms with Gasteiger partial charge in [0.15, 0.2) is 6.10 Å². The molecule has 3 heteroatoms. The Morgan fingerprint density at radius 3 is 2.40 bits per heavy atom. The number of ether oxygens (including phenoxy) is 1. The molecule has 0 aromatic heterocycles. The van der Waals surface area contributed by atoms with E-state index in [1.807, 2.05) is 56.3 Å². The van der Waals surface area contributed by atoms with Crippen molar-refractivity contribution in [3.05, 3.63) is 65.2 Å². The van der Waals surface area contributed by atoms with Crippen LogP contribution >= 0.6 is 0 Å². The molecule has 0 saturated carbocycles. The molecule has 2 aromatic rings. The van der Waals surface area contributed by atoms with Crippen LogP contribution in [0.25, 0.3) is 0 Å². The van der Waals surface area contributed by atoms with Crippen LogP contribution in [0, 0.1) is 13.8 Å². The highest BCUT2D eigenvalue weighted by Crippen LogP contribution is 2.16. The summed E-state index contributed by atoms with van der Waals surface area (Å²) in [6, 6.07) is 15.2. The van der Waals surface area contributed by atoms with Crippen LogP contribution in [-0.2, 0) is 11.2 Å². The van der Waals surface area contributed by atoms with Crippen LogP contribution in [0.2, 0.25) is 0 Å². The van der Waals surface area contributed by atoms with E-state index in [0.717, 1.165) is 16.7 Å². The number of benzene rings is 2. The Hall–Kier alpha value is -2.29. The quantitative estimate of drug-likeness (QED) is 0.906. The van der Waals surface area contributed by atoms with E-state index in [0.29, 0.717) is 12.2 Å². The van der Waals surface area contributed by atoms with Gasteiger partial charge in [-0.2, -0.15) is 0 Å². The summed E-state index contributed by atoms with van der Waals surface area (Å²) < 4.78 is 5.59. The van der Waals surface area contributed by atoms with Gasteiger partial charge in [-0.15, -0.1) is 0 Å². The molecule has 1 N–H and O–H groups in total. The normalized spacial score (nSPS) is 11.9. The average Bonchev–Trinajstić information content (AvgIpc) is 2.40. The van der Waals surface area contributed by atoms with Crippen LogP contribution in [0.5, 0.6) is 5.75 Å². The van der Waals surface area contributed by atoms with Gasteiger partial charge in [-0.05, 0) is 37.1 Å². The van der Waals surface area contributed by atoms with Crippen molar-refractivity contribution in [1.82, 2.24) is 0 Å². The molecular weight excluding hydrogens is 252 g/mol. The van der Waals surface area contributed by atoms with Crippen molar-refractivity contribution in [3.63, 3.8) is 0 Å². The Kier molecular flexibility index (Phi) is 4.41. The lowest BCUT2D eigenvalue weighted by atomic mass is 10.1. The zero-order chi connectivity index (χ0) is 14.5. The maximum absolute atomic E-state index is 11.3. The molecule has 20 heavy (non-hydrogen) atoms. The number of carbonyl (C=O) groups is 1. The Morgan fingerprint density at radius 2 is 1.80 bits per heavy atom. The van der Waals surface area contributed by atoms with E-state index in [1.54, 1.807) is 6.07 Å². The molecule has 0 bridgehead atoms. The molecule has 0 spiro atoms. The van der Waals surface area contributed by atoms with Gasteiger partial charge in [0.1, 0.15) is 5.75 Å². The summed E-state index contributed by atoms with van der Waals surface area (Å²) in [6.45, 7) is 3.95. The number of aliphatic carboxylic acids is 1. The van der Waals surface area contributed by atoms with E-state index in [9.17, 15) is 9.90 Å². The third kappa shape index (κ3) is 3.85. The maximum Gasteiger partial charge on any atom is 0.345 e.